The molecule has 3 aromatic heterocycles. The average Bonchev–Trinajstić information content (AvgIpc) is 2.86. The van der Waals surface area contributed by atoms with E-state index in [4.69, 9.17) is 16.6 Å². The molecule has 4 aromatic rings. The van der Waals surface area contributed by atoms with Crippen LogP contribution in [0.25, 0.3) is 22.4 Å². The normalized spacial score (nSPS) is 14.3. The Morgan fingerprint density at radius 3 is 2.59 bits per heavy atom. The Morgan fingerprint density at radius 2 is 1.76 bits per heavy atom. The van der Waals surface area contributed by atoms with Crippen LogP contribution in [0, 0.1) is 5.82 Å². The molecule has 1 aliphatic heterocycles. The number of hydrogen-bond donors (Lipinski definition) is 2. The molecule has 9 heteroatoms. The lowest BCUT2D eigenvalue weighted by Crippen LogP contribution is -2.33. The molecule has 0 bridgehead atoms. The fourth-order valence-corrected chi connectivity index (χ4v) is 4.26. The molecule has 7 nitrogen and oxygen atoms in total. The Hall–Kier alpha value is -3.36. The summed E-state index contributed by atoms with van der Waals surface area (Å²) >= 11 is 6.13. The molecule has 0 radical (unpaired) electrons. The van der Waals surface area contributed by atoms with Gasteiger partial charge < -0.3 is 15.5 Å². The molecule has 174 valence electrons. The first-order valence-corrected chi connectivity index (χ1v) is 11.8. The Morgan fingerprint density at radius 1 is 0.941 bits per heavy atom. The molecule has 34 heavy (non-hydrogen) atoms. The number of nitrogens with one attached hydrogen (secondary N) is 2. The standard InChI is InChI=1S/C25H25ClFN7/c26-17-4-6-21(27)20(16-17)25-32-23(30-18-8-10-28-11-9-18)19-5-7-22(31-24(19)33-25)29-12-15-34-13-2-1-3-14-34/h4-11,16H,1-3,12-15H2,(H2,28,29,30,31,32,33). The van der Waals surface area contributed by atoms with Crippen molar-refractivity contribution in [3.8, 4) is 11.4 Å². The summed E-state index contributed by atoms with van der Waals surface area (Å²) in [5, 5.41) is 7.81. The van der Waals surface area contributed by atoms with Gasteiger partial charge in [0, 0.05) is 36.2 Å². The summed E-state index contributed by atoms with van der Waals surface area (Å²) < 4.78 is 14.6. The van der Waals surface area contributed by atoms with Crippen molar-refractivity contribution in [1.82, 2.24) is 24.8 Å². The maximum Gasteiger partial charge on any atom is 0.167 e. The van der Waals surface area contributed by atoms with Crippen LogP contribution in [0.3, 0.4) is 0 Å². The monoisotopic (exact) mass is 477 g/mol. The molecule has 0 atom stereocenters. The van der Waals surface area contributed by atoms with Crippen LogP contribution in [0.5, 0.6) is 0 Å². The lowest BCUT2D eigenvalue weighted by atomic mass is 10.1. The van der Waals surface area contributed by atoms with Crippen molar-refractivity contribution in [1.29, 1.82) is 0 Å². The fourth-order valence-electron chi connectivity index (χ4n) is 4.09. The Bertz CT molecular complexity index is 1280. The van der Waals surface area contributed by atoms with E-state index < -0.39 is 5.82 Å². The number of halogens is 2. The van der Waals surface area contributed by atoms with Gasteiger partial charge in [0.15, 0.2) is 11.5 Å². The highest BCUT2D eigenvalue weighted by Gasteiger charge is 2.15. The second-order valence-electron chi connectivity index (χ2n) is 8.28. The molecule has 0 unspecified atom stereocenters. The molecule has 4 heterocycles. The van der Waals surface area contributed by atoms with Crippen molar-refractivity contribution in [3.05, 3.63) is 65.7 Å². The molecule has 1 aromatic carbocycles. The lowest BCUT2D eigenvalue weighted by Gasteiger charge is -2.26. The molecule has 0 spiro atoms. The third-order valence-corrected chi connectivity index (χ3v) is 6.09. The van der Waals surface area contributed by atoms with Crippen molar-refractivity contribution in [2.45, 2.75) is 19.3 Å². The Kier molecular flexibility index (Phi) is 6.78. The van der Waals surface area contributed by atoms with Gasteiger partial charge in [-0.15, -0.1) is 0 Å². The third kappa shape index (κ3) is 5.24. The summed E-state index contributed by atoms with van der Waals surface area (Å²) in [5.41, 5.74) is 1.48. The van der Waals surface area contributed by atoms with Crippen LogP contribution in [0.15, 0.2) is 54.9 Å². The van der Waals surface area contributed by atoms with Gasteiger partial charge in [-0.3, -0.25) is 4.98 Å². The van der Waals surface area contributed by atoms with Crippen LogP contribution >= 0.6 is 11.6 Å². The predicted octanol–water partition coefficient (Wildman–Crippen LogP) is 5.52. The van der Waals surface area contributed by atoms with E-state index >= 15 is 0 Å². The number of hydrogen-bond acceptors (Lipinski definition) is 7. The van der Waals surface area contributed by atoms with Crippen LogP contribution in [0.2, 0.25) is 5.02 Å². The van der Waals surface area contributed by atoms with Crippen molar-refractivity contribution in [3.63, 3.8) is 0 Å². The first-order chi connectivity index (χ1) is 16.7. The van der Waals surface area contributed by atoms with Gasteiger partial charge in [-0.25, -0.2) is 19.3 Å². The zero-order valence-corrected chi connectivity index (χ0v) is 19.4. The number of pyridine rings is 2. The van der Waals surface area contributed by atoms with E-state index in [0.29, 0.717) is 16.5 Å². The molecule has 1 saturated heterocycles. The highest BCUT2D eigenvalue weighted by molar-refractivity contribution is 6.30. The molecular formula is C25H25ClFN7. The Balaban J connectivity index is 1.48. The summed E-state index contributed by atoms with van der Waals surface area (Å²) in [6, 6.07) is 11.8. The zero-order chi connectivity index (χ0) is 23.3. The van der Waals surface area contributed by atoms with Crippen molar-refractivity contribution < 1.29 is 4.39 Å². The van der Waals surface area contributed by atoms with E-state index in [1.807, 2.05) is 24.3 Å². The van der Waals surface area contributed by atoms with Crippen LogP contribution in [0.4, 0.5) is 21.7 Å². The summed E-state index contributed by atoms with van der Waals surface area (Å²) in [6.45, 7) is 4.07. The average molecular weight is 478 g/mol. The van der Waals surface area contributed by atoms with Crippen molar-refractivity contribution in [2.75, 3.05) is 36.8 Å². The minimum absolute atomic E-state index is 0.210. The van der Waals surface area contributed by atoms with E-state index in [2.05, 4.69) is 30.5 Å². The number of piperidine rings is 1. The van der Waals surface area contributed by atoms with Gasteiger partial charge in [0.1, 0.15) is 17.5 Å². The summed E-state index contributed by atoms with van der Waals surface area (Å²) in [4.78, 5) is 20.4. The van der Waals surface area contributed by atoms with Gasteiger partial charge in [0.2, 0.25) is 0 Å². The van der Waals surface area contributed by atoms with Crippen LogP contribution in [-0.2, 0) is 0 Å². The summed E-state index contributed by atoms with van der Waals surface area (Å²) in [6.07, 6.45) is 7.22. The van der Waals surface area contributed by atoms with Gasteiger partial charge in [-0.2, -0.15) is 0 Å². The molecular weight excluding hydrogens is 453 g/mol. The quantitative estimate of drug-likeness (QED) is 0.362. The number of nitrogens with zero attached hydrogens (tertiary/aromatic N) is 5. The molecule has 5 rings (SSSR count). The van der Waals surface area contributed by atoms with Gasteiger partial charge >= 0.3 is 0 Å². The SMILES string of the molecule is Fc1ccc(Cl)cc1-c1nc(Nc2ccncc2)c2ccc(NCCN3CCCCC3)nc2n1. The molecule has 1 aliphatic rings. The molecule has 1 fully saturated rings. The third-order valence-electron chi connectivity index (χ3n) is 5.85. The van der Waals surface area contributed by atoms with Crippen LogP contribution in [0.1, 0.15) is 19.3 Å². The second kappa shape index (κ2) is 10.3. The molecule has 2 N–H and O–H groups in total. The predicted molar refractivity (Wildman–Crippen MR) is 134 cm³/mol. The molecule has 0 aliphatic carbocycles. The van der Waals surface area contributed by atoms with Gasteiger partial charge in [-0.1, -0.05) is 18.0 Å². The number of aromatic nitrogens is 4. The van der Waals surface area contributed by atoms with Gasteiger partial charge in [0.25, 0.3) is 0 Å². The summed E-state index contributed by atoms with van der Waals surface area (Å²) in [7, 11) is 0. The topological polar surface area (TPSA) is 78.9 Å². The molecule has 0 saturated carbocycles. The number of rotatable bonds is 7. The number of fused-ring (bicyclic) bond motifs is 1. The van der Waals surface area contributed by atoms with E-state index in [0.717, 1.165) is 43.1 Å². The zero-order valence-electron chi connectivity index (χ0n) is 18.6. The highest BCUT2D eigenvalue weighted by atomic mass is 35.5. The maximum atomic E-state index is 14.6. The number of benzene rings is 1. The van der Waals surface area contributed by atoms with E-state index in [1.165, 1.54) is 37.5 Å². The maximum absolute atomic E-state index is 14.6. The second-order valence-corrected chi connectivity index (χ2v) is 8.71. The summed E-state index contributed by atoms with van der Waals surface area (Å²) in [5.74, 6) is 1.00. The van der Waals surface area contributed by atoms with Gasteiger partial charge in [-0.05, 0) is 68.4 Å². The van der Waals surface area contributed by atoms with Crippen molar-refractivity contribution >= 4 is 40.0 Å². The lowest BCUT2D eigenvalue weighted by molar-refractivity contribution is 0.237. The van der Waals surface area contributed by atoms with Gasteiger partial charge in [0.05, 0.1) is 10.9 Å². The van der Waals surface area contributed by atoms with E-state index in [-0.39, 0.29) is 11.4 Å². The molecule has 0 amide bonds. The van der Waals surface area contributed by atoms with Crippen molar-refractivity contribution in [2.24, 2.45) is 0 Å². The minimum atomic E-state index is -0.450. The van der Waals surface area contributed by atoms with E-state index in [1.54, 1.807) is 12.4 Å². The number of anilines is 3. The van der Waals surface area contributed by atoms with Crippen LogP contribution < -0.4 is 10.6 Å². The Labute approximate surface area is 202 Å². The van der Waals surface area contributed by atoms with E-state index in [9.17, 15) is 4.39 Å². The first-order valence-electron chi connectivity index (χ1n) is 11.4. The highest BCUT2D eigenvalue weighted by Crippen LogP contribution is 2.30. The number of likely N-dealkylation sites (tertiary alicyclic amines) is 1. The first kappa shape index (κ1) is 22.4. The fraction of sp³-hybridized carbons (Fsp3) is 0.280. The smallest absolute Gasteiger partial charge is 0.167 e. The van der Waals surface area contributed by atoms with Crippen LogP contribution in [-0.4, -0.2) is 51.0 Å². The largest absolute Gasteiger partial charge is 0.369 e. The minimum Gasteiger partial charge on any atom is -0.369 e.